The van der Waals surface area contributed by atoms with Gasteiger partial charge >= 0.3 is 6.03 Å². The molecule has 0 spiro atoms. The lowest BCUT2D eigenvalue weighted by Gasteiger charge is -2.26. The fourth-order valence-electron chi connectivity index (χ4n) is 3.82. The molecule has 2 aromatic carbocycles. The van der Waals surface area contributed by atoms with Gasteiger partial charge in [0.2, 0.25) is 0 Å². The second-order valence-electron chi connectivity index (χ2n) is 8.68. The number of ether oxygens (including phenoxy) is 1. The first kappa shape index (κ1) is 21.8. The molecule has 6 nitrogen and oxygen atoms in total. The van der Waals surface area contributed by atoms with E-state index in [1.807, 2.05) is 61.5 Å². The number of rotatable bonds is 7. The van der Waals surface area contributed by atoms with Gasteiger partial charge in [-0.3, -0.25) is 9.69 Å². The smallest absolute Gasteiger partial charge is 0.325 e. The maximum atomic E-state index is 13.2. The molecule has 0 aromatic heterocycles. The molecule has 160 valence electrons. The Morgan fingerprint density at radius 2 is 1.70 bits per heavy atom. The molecule has 0 radical (unpaired) electrons. The highest BCUT2D eigenvalue weighted by atomic mass is 16.5. The van der Waals surface area contributed by atoms with Crippen LogP contribution in [0.2, 0.25) is 0 Å². The minimum atomic E-state index is -1.10. The van der Waals surface area contributed by atoms with Gasteiger partial charge in [0.15, 0.2) is 0 Å². The standard InChI is InChI=1S/C24H30N2O4/c1-5-24(17-11-7-6-8-12-17)21(28)26(22(29)25-24)15-18(27)16-30-20-14-10-9-13-19(20)23(2,3)4/h6-14,18,27H,5,15-16H2,1-4H3,(H,25,29). The van der Waals surface area contributed by atoms with Crippen LogP contribution in [0.4, 0.5) is 4.79 Å². The molecule has 1 aliphatic rings. The predicted molar refractivity (Wildman–Crippen MR) is 115 cm³/mol. The Morgan fingerprint density at radius 3 is 2.33 bits per heavy atom. The van der Waals surface area contributed by atoms with Gasteiger partial charge in [0.25, 0.3) is 5.91 Å². The summed E-state index contributed by atoms with van der Waals surface area (Å²) in [4.78, 5) is 26.8. The summed E-state index contributed by atoms with van der Waals surface area (Å²) in [7, 11) is 0. The highest BCUT2D eigenvalue weighted by molar-refractivity contribution is 6.07. The molecule has 2 atom stereocenters. The zero-order valence-corrected chi connectivity index (χ0v) is 18.0. The lowest BCUT2D eigenvalue weighted by molar-refractivity contribution is -0.132. The van der Waals surface area contributed by atoms with E-state index in [2.05, 4.69) is 26.1 Å². The van der Waals surface area contributed by atoms with Crippen molar-refractivity contribution in [2.45, 2.75) is 51.2 Å². The summed E-state index contributed by atoms with van der Waals surface area (Å²) in [6.45, 7) is 7.98. The molecule has 1 fully saturated rings. The van der Waals surface area contributed by atoms with Crippen molar-refractivity contribution in [3.63, 3.8) is 0 Å². The SMILES string of the molecule is CCC1(c2ccccc2)NC(=O)N(CC(O)COc2ccccc2C(C)(C)C)C1=O. The number of aliphatic hydroxyl groups excluding tert-OH is 1. The van der Waals surface area contributed by atoms with Crippen LogP contribution in [0.1, 0.15) is 45.2 Å². The number of β-amino-alcohol motifs (C(OH)–C–C–N with tert-alkyl or cyclic N) is 1. The minimum Gasteiger partial charge on any atom is -0.491 e. The van der Waals surface area contributed by atoms with E-state index in [9.17, 15) is 14.7 Å². The average Bonchev–Trinajstić information content (AvgIpc) is 2.97. The molecule has 0 aliphatic carbocycles. The van der Waals surface area contributed by atoms with E-state index >= 15 is 0 Å². The van der Waals surface area contributed by atoms with Gasteiger partial charge in [-0.05, 0) is 29.0 Å². The number of carbonyl (C=O) groups excluding carboxylic acids is 2. The summed E-state index contributed by atoms with van der Waals surface area (Å²) in [6, 6.07) is 16.4. The van der Waals surface area contributed by atoms with Crippen LogP contribution in [0, 0.1) is 0 Å². The highest BCUT2D eigenvalue weighted by Crippen LogP contribution is 2.33. The lowest BCUT2D eigenvalue weighted by Crippen LogP contribution is -2.44. The van der Waals surface area contributed by atoms with Gasteiger partial charge in [0, 0.05) is 0 Å². The van der Waals surface area contributed by atoms with Crippen LogP contribution in [-0.4, -0.2) is 41.2 Å². The highest BCUT2D eigenvalue weighted by Gasteiger charge is 2.51. The normalized spacial score (nSPS) is 20.2. The fraction of sp³-hybridized carbons (Fsp3) is 0.417. The zero-order valence-electron chi connectivity index (χ0n) is 18.0. The molecule has 30 heavy (non-hydrogen) atoms. The first-order valence-electron chi connectivity index (χ1n) is 10.3. The third-order valence-electron chi connectivity index (χ3n) is 5.49. The molecule has 1 heterocycles. The van der Waals surface area contributed by atoms with Crippen LogP contribution in [0.5, 0.6) is 5.75 Å². The monoisotopic (exact) mass is 410 g/mol. The molecule has 0 saturated carbocycles. The first-order chi connectivity index (χ1) is 14.2. The molecule has 3 rings (SSSR count). The van der Waals surface area contributed by atoms with Gasteiger partial charge in [-0.2, -0.15) is 0 Å². The maximum absolute atomic E-state index is 13.2. The number of urea groups is 1. The van der Waals surface area contributed by atoms with Crippen molar-refractivity contribution in [3.8, 4) is 5.75 Å². The number of benzene rings is 2. The number of nitrogens with one attached hydrogen (secondary N) is 1. The third kappa shape index (κ3) is 4.19. The Bertz CT molecular complexity index is 907. The lowest BCUT2D eigenvalue weighted by atomic mass is 9.86. The van der Waals surface area contributed by atoms with Crippen LogP contribution >= 0.6 is 0 Å². The number of hydrogen-bond donors (Lipinski definition) is 2. The van der Waals surface area contributed by atoms with Gasteiger partial charge in [-0.25, -0.2) is 4.79 Å². The van der Waals surface area contributed by atoms with Gasteiger partial charge in [0.1, 0.15) is 24.0 Å². The summed E-state index contributed by atoms with van der Waals surface area (Å²) in [6.07, 6.45) is -0.583. The summed E-state index contributed by atoms with van der Waals surface area (Å²) in [5.41, 5.74) is 0.556. The Kier molecular flexibility index (Phi) is 6.17. The third-order valence-corrected chi connectivity index (χ3v) is 5.49. The van der Waals surface area contributed by atoms with Gasteiger partial charge in [-0.15, -0.1) is 0 Å². The number of aliphatic hydroxyl groups is 1. The number of imide groups is 1. The van der Waals surface area contributed by atoms with Crippen LogP contribution in [-0.2, 0) is 15.7 Å². The van der Waals surface area contributed by atoms with E-state index in [0.717, 1.165) is 16.0 Å². The van der Waals surface area contributed by atoms with E-state index in [1.165, 1.54) is 0 Å². The number of carbonyl (C=O) groups is 2. The number of nitrogens with zero attached hydrogens (tertiary/aromatic N) is 1. The first-order valence-corrected chi connectivity index (χ1v) is 10.3. The Balaban J connectivity index is 1.70. The molecule has 2 aromatic rings. The molecule has 1 saturated heterocycles. The van der Waals surface area contributed by atoms with Crippen molar-refractivity contribution in [2.75, 3.05) is 13.2 Å². The van der Waals surface area contributed by atoms with E-state index in [-0.39, 0.29) is 24.5 Å². The number of hydrogen-bond acceptors (Lipinski definition) is 4. The fourth-order valence-corrected chi connectivity index (χ4v) is 3.82. The van der Waals surface area contributed by atoms with Crippen molar-refractivity contribution < 1.29 is 19.4 Å². The van der Waals surface area contributed by atoms with E-state index in [4.69, 9.17) is 4.74 Å². The summed E-state index contributed by atoms with van der Waals surface area (Å²) >= 11 is 0. The largest absolute Gasteiger partial charge is 0.491 e. The number of amides is 3. The maximum Gasteiger partial charge on any atom is 0.325 e. The summed E-state index contributed by atoms with van der Waals surface area (Å²) in [5, 5.41) is 13.3. The molecule has 3 amide bonds. The molecule has 2 unspecified atom stereocenters. The predicted octanol–water partition coefficient (Wildman–Crippen LogP) is 3.58. The Hall–Kier alpha value is -2.86. The van der Waals surface area contributed by atoms with Crippen LogP contribution < -0.4 is 10.1 Å². The Morgan fingerprint density at radius 1 is 1.07 bits per heavy atom. The topological polar surface area (TPSA) is 78.9 Å². The van der Waals surface area contributed by atoms with Crippen molar-refractivity contribution in [1.82, 2.24) is 10.2 Å². The average molecular weight is 411 g/mol. The Labute approximate surface area is 177 Å². The van der Waals surface area contributed by atoms with Crippen LogP contribution in [0.15, 0.2) is 54.6 Å². The molecule has 1 aliphatic heterocycles. The van der Waals surface area contributed by atoms with E-state index in [0.29, 0.717) is 12.2 Å². The van der Waals surface area contributed by atoms with Crippen molar-refractivity contribution in [3.05, 3.63) is 65.7 Å². The quantitative estimate of drug-likeness (QED) is 0.684. The van der Waals surface area contributed by atoms with Crippen molar-refractivity contribution in [2.24, 2.45) is 0 Å². The second-order valence-corrected chi connectivity index (χ2v) is 8.68. The summed E-state index contributed by atoms with van der Waals surface area (Å²) < 4.78 is 5.85. The van der Waals surface area contributed by atoms with Crippen molar-refractivity contribution in [1.29, 1.82) is 0 Å². The van der Waals surface area contributed by atoms with E-state index < -0.39 is 17.7 Å². The van der Waals surface area contributed by atoms with Gasteiger partial charge in [0.05, 0.1) is 6.54 Å². The zero-order chi connectivity index (χ0) is 21.9. The molecular weight excluding hydrogens is 380 g/mol. The van der Waals surface area contributed by atoms with E-state index in [1.54, 1.807) is 0 Å². The van der Waals surface area contributed by atoms with Gasteiger partial charge in [-0.1, -0.05) is 76.2 Å². The molecular formula is C24H30N2O4. The van der Waals surface area contributed by atoms with Gasteiger partial charge < -0.3 is 15.2 Å². The summed E-state index contributed by atoms with van der Waals surface area (Å²) in [5.74, 6) is 0.337. The number of para-hydroxylation sites is 1. The minimum absolute atomic E-state index is 0.0192. The molecule has 6 heteroatoms. The molecule has 0 bridgehead atoms. The van der Waals surface area contributed by atoms with Crippen LogP contribution in [0.3, 0.4) is 0 Å². The second kappa shape index (κ2) is 8.48. The van der Waals surface area contributed by atoms with Crippen LogP contribution in [0.25, 0.3) is 0 Å². The molecule has 2 N–H and O–H groups in total. The van der Waals surface area contributed by atoms with Crippen molar-refractivity contribution >= 4 is 11.9 Å².